The van der Waals surface area contributed by atoms with E-state index < -0.39 is 10.0 Å². The third-order valence-corrected chi connectivity index (χ3v) is 6.13. The molecule has 0 spiro atoms. The van der Waals surface area contributed by atoms with E-state index in [-0.39, 0.29) is 21.7 Å². The maximum absolute atomic E-state index is 12.3. The van der Waals surface area contributed by atoms with E-state index in [0.717, 1.165) is 9.87 Å². The molecule has 25 heavy (non-hydrogen) atoms. The van der Waals surface area contributed by atoms with Crippen LogP contribution in [0.15, 0.2) is 53.4 Å². The normalized spacial score (nSPS) is 12.8. The molecule has 0 aliphatic heterocycles. The van der Waals surface area contributed by atoms with Gasteiger partial charge in [-0.05, 0) is 29.7 Å². The van der Waals surface area contributed by atoms with Gasteiger partial charge in [0.05, 0.1) is 5.02 Å². The minimum atomic E-state index is -3.68. The van der Waals surface area contributed by atoms with E-state index in [1.54, 1.807) is 6.07 Å². The van der Waals surface area contributed by atoms with Gasteiger partial charge in [0, 0.05) is 26.2 Å². The molecule has 1 N–H and O–H groups in total. The standard InChI is InChI=1S/C18H21ClN2O3S/c1-13(14-7-5-4-6-8-14)11-18(22)20-15-9-10-16(19)17(12-15)25(23,24)21(2)3/h4-10,12-13H,11H2,1-3H3,(H,20,22). The van der Waals surface area contributed by atoms with Crippen molar-refractivity contribution in [2.24, 2.45) is 0 Å². The van der Waals surface area contributed by atoms with Crippen LogP contribution in [-0.4, -0.2) is 32.7 Å². The third kappa shape index (κ3) is 4.81. The Morgan fingerprint density at radius 2 is 1.80 bits per heavy atom. The molecular formula is C18H21ClN2O3S. The first-order chi connectivity index (χ1) is 11.7. The number of hydrogen-bond acceptors (Lipinski definition) is 3. The van der Waals surface area contributed by atoms with Crippen LogP contribution in [0.1, 0.15) is 24.8 Å². The Morgan fingerprint density at radius 3 is 2.40 bits per heavy atom. The maximum Gasteiger partial charge on any atom is 0.244 e. The molecule has 2 aromatic carbocycles. The van der Waals surface area contributed by atoms with Gasteiger partial charge in [-0.1, -0.05) is 48.9 Å². The van der Waals surface area contributed by atoms with E-state index in [2.05, 4.69) is 5.32 Å². The smallest absolute Gasteiger partial charge is 0.244 e. The molecule has 1 atom stereocenters. The number of carbonyl (C=O) groups is 1. The van der Waals surface area contributed by atoms with E-state index in [4.69, 9.17) is 11.6 Å². The SMILES string of the molecule is CC(CC(=O)Nc1ccc(Cl)c(S(=O)(=O)N(C)C)c1)c1ccccc1. The molecule has 0 saturated heterocycles. The van der Waals surface area contributed by atoms with Crippen molar-refractivity contribution in [2.75, 3.05) is 19.4 Å². The number of sulfonamides is 1. The lowest BCUT2D eigenvalue weighted by Crippen LogP contribution is -2.23. The molecule has 1 unspecified atom stereocenters. The van der Waals surface area contributed by atoms with Crippen LogP contribution < -0.4 is 5.32 Å². The summed E-state index contributed by atoms with van der Waals surface area (Å²) in [4.78, 5) is 12.2. The fourth-order valence-corrected chi connectivity index (χ4v) is 3.76. The van der Waals surface area contributed by atoms with Crippen molar-refractivity contribution in [3.8, 4) is 0 Å². The summed E-state index contributed by atoms with van der Waals surface area (Å²) in [5, 5.41) is 2.86. The minimum absolute atomic E-state index is 0.0342. The number of anilines is 1. The Balaban J connectivity index is 2.14. The molecule has 0 heterocycles. The summed E-state index contributed by atoms with van der Waals surface area (Å²) >= 11 is 6.01. The van der Waals surface area contributed by atoms with Crippen LogP contribution in [0.3, 0.4) is 0 Å². The number of nitrogens with zero attached hydrogens (tertiary/aromatic N) is 1. The second kappa shape index (κ2) is 7.99. The minimum Gasteiger partial charge on any atom is -0.326 e. The Morgan fingerprint density at radius 1 is 1.16 bits per heavy atom. The number of amides is 1. The van der Waals surface area contributed by atoms with E-state index in [0.29, 0.717) is 12.1 Å². The van der Waals surface area contributed by atoms with E-state index in [9.17, 15) is 13.2 Å². The molecule has 0 aromatic heterocycles. The van der Waals surface area contributed by atoms with Gasteiger partial charge in [0.2, 0.25) is 15.9 Å². The fourth-order valence-electron chi connectivity index (χ4n) is 2.37. The van der Waals surface area contributed by atoms with Gasteiger partial charge in [-0.3, -0.25) is 4.79 Å². The van der Waals surface area contributed by atoms with Crippen molar-refractivity contribution in [1.82, 2.24) is 4.31 Å². The summed E-state index contributed by atoms with van der Waals surface area (Å²) in [5.74, 6) is -0.134. The van der Waals surface area contributed by atoms with Gasteiger partial charge < -0.3 is 5.32 Å². The first-order valence-electron chi connectivity index (χ1n) is 7.78. The quantitative estimate of drug-likeness (QED) is 0.830. The van der Waals surface area contributed by atoms with Gasteiger partial charge in [0.1, 0.15) is 4.90 Å². The van der Waals surface area contributed by atoms with E-state index in [1.165, 1.54) is 26.2 Å². The van der Waals surface area contributed by atoms with Crippen LogP contribution in [0.25, 0.3) is 0 Å². The number of hydrogen-bond donors (Lipinski definition) is 1. The second-order valence-electron chi connectivity index (χ2n) is 6.00. The van der Waals surface area contributed by atoms with Crippen LogP contribution in [0.4, 0.5) is 5.69 Å². The number of benzene rings is 2. The molecule has 7 heteroatoms. The van der Waals surface area contributed by atoms with Crippen molar-refractivity contribution in [1.29, 1.82) is 0 Å². The first-order valence-corrected chi connectivity index (χ1v) is 9.60. The van der Waals surface area contributed by atoms with Gasteiger partial charge in [0.15, 0.2) is 0 Å². The zero-order valence-corrected chi connectivity index (χ0v) is 15.9. The van der Waals surface area contributed by atoms with Crippen molar-refractivity contribution < 1.29 is 13.2 Å². The summed E-state index contributed by atoms with van der Waals surface area (Å²) in [6.07, 6.45) is 0.294. The van der Waals surface area contributed by atoms with Crippen molar-refractivity contribution in [3.63, 3.8) is 0 Å². The molecule has 0 bridgehead atoms. The summed E-state index contributed by atoms with van der Waals surface area (Å²) < 4.78 is 25.6. The van der Waals surface area contributed by atoms with Crippen LogP contribution >= 0.6 is 11.6 Å². The first kappa shape index (κ1) is 19.4. The molecule has 0 fully saturated rings. The third-order valence-electron chi connectivity index (χ3n) is 3.83. The van der Waals surface area contributed by atoms with Gasteiger partial charge >= 0.3 is 0 Å². The number of carbonyl (C=O) groups excluding carboxylic acids is 1. The lowest BCUT2D eigenvalue weighted by Gasteiger charge is -2.15. The lowest BCUT2D eigenvalue weighted by molar-refractivity contribution is -0.116. The van der Waals surface area contributed by atoms with Crippen molar-refractivity contribution in [2.45, 2.75) is 24.2 Å². The van der Waals surface area contributed by atoms with Crippen LogP contribution in [0.2, 0.25) is 5.02 Å². The lowest BCUT2D eigenvalue weighted by atomic mass is 9.97. The van der Waals surface area contributed by atoms with E-state index >= 15 is 0 Å². The molecule has 0 aliphatic carbocycles. The highest BCUT2D eigenvalue weighted by Gasteiger charge is 2.21. The zero-order valence-electron chi connectivity index (χ0n) is 14.4. The highest BCUT2D eigenvalue weighted by Crippen LogP contribution is 2.27. The molecule has 134 valence electrons. The molecule has 1 amide bonds. The Bertz CT molecular complexity index is 852. The van der Waals surface area contributed by atoms with Crippen LogP contribution in [0.5, 0.6) is 0 Å². The molecule has 2 aromatic rings. The predicted molar refractivity (Wildman–Crippen MR) is 100 cm³/mol. The van der Waals surface area contributed by atoms with Gasteiger partial charge in [-0.2, -0.15) is 0 Å². The average Bonchev–Trinajstić information content (AvgIpc) is 2.57. The van der Waals surface area contributed by atoms with E-state index in [1.807, 2.05) is 37.3 Å². The number of rotatable bonds is 6. The zero-order chi connectivity index (χ0) is 18.6. The molecular weight excluding hydrogens is 360 g/mol. The number of nitrogens with one attached hydrogen (secondary N) is 1. The van der Waals surface area contributed by atoms with Crippen LogP contribution in [0, 0.1) is 0 Å². The van der Waals surface area contributed by atoms with Crippen LogP contribution in [-0.2, 0) is 14.8 Å². The molecule has 5 nitrogen and oxygen atoms in total. The number of halogens is 1. The summed E-state index contributed by atoms with van der Waals surface area (Å²) in [6.45, 7) is 1.97. The van der Waals surface area contributed by atoms with Gasteiger partial charge in [-0.25, -0.2) is 12.7 Å². The van der Waals surface area contributed by atoms with Crippen molar-refractivity contribution >= 4 is 33.2 Å². The maximum atomic E-state index is 12.3. The average molecular weight is 381 g/mol. The Hall–Kier alpha value is -1.89. The summed E-state index contributed by atoms with van der Waals surface area (Å²) in [5.41, 5.74) is 1.47. The summed E-state index contributed by atoms with van der Waals surface area (Å²) in [6, 6.07) is 14.2. The molecule has 2 rings (SSSR count). The fraction of sp³-hybridized carbons (Fsp3) is 0.278. The predicted octanol–water partition coefficient (Wildman–Crippen LogP) is 3.72. The Kier molecular flexibility index (Phi) is 6.21. The highest BCUT2D eigenvalue weighted by atomic mass is 35.5. The molecule has 0 saturated carbocycles. The molecule has 0 aliphatic rings. The largest absolute Gasteiger partial charge is 0.326 e. The monoisotopic (exact) mass is 380 g/mol. The second-order valence-corrected chi connectivity index (χ2v) is 8.52. The van der Waals surface area contributed by atoms with Crippen molar-refractivity contribution in [3.05, 3.63) is 59.1 Å². The Labute approximate surface area is 153 Å². The van der Waals surface area contributed by atoms with Gasteiger partial charge in [0.25, 0.3) is 0 Å². The van der Waals surface area contributed by atoms with Gasteiger partial charge in [-0.15, -0.1) is 0 Å². The molecule has 0 radical (unpaired) electrons. The highest BCUT2D eigenvalue weighted by molar-refractivity contribution is 7.89. The summed E-state index contributed by atoms with van der Waals surface area (Å²) in [7, 11) is -0.824. The topological polar surface area (TPSA) is 66.5 Å².